The first-order valence-electron chi connectivity index (χ1n) is 6.55. The zero-order chi connectivity index (χ0) is 15.0. The summed E-state index contributed by atoms with van der Waals surface area (Å²) in [6, 6.07) is 8.18. The summed E-state index contributed by atoms with van der Waals surface area (Å²) in [4.78, 5) is 12.5. The Morgan fingerprint density at radius 3 is 2.86 bits per heavy atom. The van der Waals surface area contributed by atoms with E-state index in [1.807, 2.05) is 24.3 Å². The van der Waals surface area contributed by atoms with Crippen LogP contribution in [0.1, 0.15) is 11.3 Å². The van der Waals surface area contributed by atoms with Gasteiger partial charge in [0.05, 0.1) is 4.91 Å². The second-order valence-electron chi connectivity index (χ2n) is 4.77. The molecule has 0 spiro atoms. The van der Waals surface area contributed by atoms with E-state index in [2.05, 4.69) is 35.5 Å². The van der Waals surface area contributed by atoms with Gasteiger partial charge in [-0.2, -0.15) is 0 Å². The lowest BCUT2D eigenvalue weighted by molar-refractivity contribution is -0.115. The van der Waals surface area contributed by atoms with Gasteiger partial charge in [0.25, 0.3) is 5.91 Å². The minimum atomic E-state index is -0.120. The van der Waals surface area contributed by atoms with Gasteiger partial charge in [0.15, 0.2) is 0 Å². The lowest BCUT2D eigenvalue weighted by Crippen LogP contribution is -2.17. The largest absolute Gasteiger partial charge is 0.340 e. The van der Waals surface area contributed by atoms with E-state index in [1.54, 1.807) is 0 Å². The highest BCUT2D eigenvalue weighted by Crippen LogP contribution is 2.32. The summed E-state index contributed by atoms with van der Waals surface area (Å²) in [6.07, 6.45) is 3.80. The minimum Gasteiger partial charge on any atom is -0.340 e. The zero-order valence-corrected chi connectivity index (χ0v) is 13.2. The van der Waals surface area contributed by atoms with Crippen LogP contribution in [0.5, 0.6) is 0 Å². The molecule has 0 unspecified atom stereocenters. The van der Waals surface area contributed by atoms with Crippen molar-refractivity contribution in [3.63, 3.8) is 0 Å². The van der Waals surface area contributed by atoms with Crippen LogP contribution in [-0.2, 0) is 11.3 Å². The van der Waals surface area contributed by atoms with Crippen LogP contribution in [0, 0.1) is 6.92 Å². The van der Waals surface area contributed by atoms with Gasteiger partial charge in [0.2, 0.25) is 0 Å². The lowest BCUT2D eigenvalue weighted by Gasteiger charge is -2.04. The first kappa shape index (κ1) is 14.1. The molecule has 1 aromatic carbocycles. The van der Waals surface area contributed by atoms with Gasteiger partial charge in [-0.1, -0.05) is 48.3 Å². The van der Waals surface area contributed by atoms with Gasteiger partial charge in [-0.25, -0.2) is 0 Å². The van der Waals surface area contributed by atoms with Crippen LogP contribution in [0.25, 0.3) is 17.0 Å². The van der Waals surface area contributed by atoms with Gasteiger partial charge in [-0.3, -0.25) is 4.79 Å². The third kappa shape index (κ3) is 2.43. The topological polar surface area (TPSA) is 34.0 Å². The van der Waals surface area contributed by atoms with E-state index in [9.17, 15) is 4.79 Å². The van der Waals surface area contributed by atoms with Gasteiger partial charge in [-0.05, 0) is 19.1 Å². The van der Waals surface area contributed by atoms with Crippen LogP contribution in [0.15, 0.2) is 41.8 Å². The van der Waals surface area contributed by atoms with Crippen LogP contribution in [-0.4, -0.2) is 14.8 Å². The first-order chi connectivity index (χ1) is 10.1. The summed E-state index contributed by atoms with van der Waals surface area (Å²) in [5, 5.41) is 3.79. The smallest absolute Gasteiger partial charge is 0.263 e. The molecule has 1 aromatic heterocycles. The molecule has 21 heavy (non-hydrogen) atoms. The Labute approximate surface area is 132 Å². The number of thioether (sulfide) groups is 1. The Balaban J connectivity index is 2.21. The van der Waals surface area contributed by atoms with Crippen molar-refractivity contribution in [1.82, 2.24) is 9.88 Å². The standard InChI is InChI=1S/C16H14N2OS2/c1-3-8-18-10(2)12(11-6-4-5-7-13(11)18)9-14-15(19)17-16(20)21-14/h3-7,9H,1,8H2,2H3,(H,17,19,20)/b14-9+. The maximum absolute atomic E-state index is 11.9. The number of fused-ring (bicyclic) bond motifs is 1. The summed E-state index contributed by atoms with van der Waals surface area (Å²) in [5.74, 6) is -0.120. The highest BCUT2D eigenvalue weighted by molar-refractivity contribution is 8.26. The average molecular weight is 314 g/mol. The Morgan fingerprint density at radius 2 is 2.19 bits per heavy atom. The molecule has 1 aliphatic heterocycles. The number of carbonyl (C=O) groups excluding carboxylic acids is 1. The Bertz CT molecular complexity index is 802. The van der Waals surface area contributed by atoms with Crippen molar-refractivity contribution in [3.8, 4) is 0 Å². The molecule has 0 radical (unpaired) electrons. The van der Waals surface area contributed by atoms with E-state index in [-0.39, 0.29) is 5.91 Å². The van der Waals surface area contributed by atoms with Crippen LogP contribution in [0.4, 0.5) is 0 Å². The maximum atomic E-state index is 11.9. The van der Waals surface area contributed by atoms with E-state index in [4.69, 9.17) is 12.2 Å². The number of amides is 1. The molecule has 1 amide bonds. The van der Waals surface area contributed by atoms with Crippen LogP contribution < -0.4 is 5.32 Å². The normalized spacial score (nSPS) is 16.7. The molecule has 0 saturated carbocycles. The van der Waals surface area contributed by atoms with E-state index < -0.39 is 0 Å². The predicted molar refractivity (Wildman–Crippen MR) is 93.2 cm³/mol. The minimum absolute atomic E-state index is 0.120. The second kappa shape index (κ2) is 5.50. The fourth-order valence-corrected chi connectivity index (χ4v) is 3.58. The molecule has 3 nitrogen and oxygen atoms in total. The number of para-hydroxylation sites is 1. The number of hydrogen-bond donors (Lipinski definition) is 1. The van der Waals surface area contributed by atoms with Crippen molar-refractivity contribution in [3.05, 3.63) is 53.1 Å². The number of nitrogens with zero attached hydrogens (tertiary/aromatic N) is 1. The number of thiocarbonyl (C=S) groups is 1. The molecule has 5 heteroatoms. The molecule has 1 aliphatic rings. The molecular weight excluding hydrogens is 300 g/mol. The van der Waals surface area contributed by atoms with E-state index >= 15 is 0 Å². The SMILES string of the molecule is C=CCn1c(C)c(/C=C2/SC(=S)NC2=O)c2ccccc21. The van der Waals surface area contributed by atoms with Gasteiger partial charge >= 0.3 is 0 Å². The number of benzene rings is 1. The quantitative estimate of drug-likeness (QED) is 0.534. The maximum Gasteiger partial charge on any atom is 0.263 e. The Morgan fingerprint density at radius 1 is 1.43 bits per heavy atom. The summed E-state index contributed by atoms with van der Waals surface area (Å²) in [5.41, 5.74) is 3.33. The van der Waals surface area contributed by atoms with Crippen LogP contribution >= 0.6 is 24.0 Å². The molecule has 1 N–H and O–H groups in total. The van der Waals surface area contributed by atoms with Crippen molar-refractivity contribution in [2.75, 3.05) is 0 Å². The van der Waals surface area contributed by atoms with Gasteiger partial charge in [-0.15, -0.1) is 6.58 Å². The molecule has 3 rings (SSSR count). The third-order valence-electron chi connectivity index (χ3n) is 3.51. The fourth-order valence-electron chi connectivity index (χ4n) is 2.56. The molecule has 2 heterocycles. The third-order valence-corrected chi connectivity index (χ3v) is 4.67. The van der Waals surface area contributed by atoms with Crippen molar-refractivity contribution in [1.29, 1.82) is 0 Å². The fraction of sp³-hybridized carbons (Fsp3) is 0.125. The highest BCUT2D eigenvalue weighted by Gasteiger charge is 2.23. The van der Waals surface area contributed by atoms with E-state index in [0.717, 1.165) is 28.7 Å². The number of aromatic nitrogens is 1. The molecule has 106 valence electrons. The number of rotatable bonds is 3. The Kier molecular flexibility index (Phi) is 3.69. The van der Waals surface area contributed by atoms with E-state index in [0.29, 0.717) is 9.23 Å². The number of allylic oxidation sites excluding steroid dienone is 1. The molecule has 0 bridgehead atoms. The summed E-state index contributed by atoms with van der Waals surface area (Å²) in [6.45, 7) is 6.62. The molecule has 2 aromatic rings. The molecular formula is C16H14N2OS2. The summed E-state index contributed by atoms with van der Waals surface area (Å²) in [7, 11) is 0. The number of hydrogen-bond acceptors (Lipinski definition) is 3. The molecule has 0 atom stereocenters. The Hall–Kier alpha value is -1.85. The number of carbonyl (C=O) groups is 1. The van der Waals surface area contributed by atoms with Gasteiger partial charge < -0.3 is 9.88 Å². The first-order valence-corrected chi connectivity index (χ1v) is 7.78. The number of nitrogens with one attached hydrogen (secondary N) is 1. The van der Waals surface area contributed by atoms with Gasteiger partial charge in [0.1, 0.15) is 4.32 Å². The van der Waals surface area contributed by atoms with Crippen molar-refractivity contribution in [2.45, 2.75) is 13.5 Å². The second-order valence-corrected chi connectivity index (χ2v) is 6.49. The van der Waals surface area contributed by atoms with Crippen molar-refractivity contribution in [2.24, 2.45) is 0 Å². The zero-order valence-electron chi connectivity index (χ0n) is 11.6. The van der Waals surface area contributed by atoms with Crippen molar-refractivity contribution < 1.29 is 4.79 Å². The summed E-state index contributed by atoms with van der Waals surface area (Å²) < 4.78 is 2.71. The predicted octanol–water partition coefficient (Wildman–Crippen LogP) is 3.62. The highest BCUT2D eigenvalue weighted by atomic mass is 32.2. The molecule has 0 aliphatic carbocycles. The van der Waals surface area contributed by atoms with Crippen LogP contribution in [0.3, 0.4) is 0 Å². The average Bonchev–Trinajstić information content (AvgIpc) is 2.91. The summed E-state index contributed by atoms with van der Waals surface area (Å²) >= 11 is 6.35. The molecule has 1 saturated heterocycles. The monoisotopic (exact) mass is 314 g/mol. The lowest BCUT2D eigenvalue weighted by atomic mass is 10.1. The van der Waals surface area contributed by atoms with Gasteiger partial charge in [0, 0.05) is 28.7 Å². The van der Waals surface area contributed by atoms with Crippen molar-refractivity contribution >= 4 is 51.2 Å². The van der Waals surface area contributed by atoms with Crippen LogP contribution in [0.2, 0.25) is 0 Å². The molecule has 1 fully saturated rings. The van der Waals surface area contributed by atoms with E-state index in [1.165, 1.54) is 11.8 Å².